The van der Waals surface area contributed by atoms with Gasteiger partial charge >= 0.3 is 0 Å². The van der Waals surface area contributed by atoms with E-state index in [0.717, 1.165) is 19.4 Å². The standard InChI is InChI=1S/C9H19NO.C3H8/c1-3-9(11)7-5-4-6-8-10-2;1-3-2/h10H,3-8H2,1-2H3;3H2,1-2H3. The third-order valence-electron chi connectivity index (χ3n) is 1.78. The number of carbonyl (C=O) groups excluding carboxylic acids is 1. The molecule has 0 unspecified atom stereocenters. The summed E-state index contributed by atoms with van der Waals surface area (Å²) in [6.07, 6.45) is 6.15. The summed E-state index contributed by atoms with van der Waals surface area (Å²) in [4.78, 5) is 10.8. The molecule has 0 aliphatic rings. The number of Topliss-reactive ketones (excluding diaryl/α,β-unsaturated/α-hetero) is 1. The van der Waals surface area contributed by atoms with Crippen LogP contribution in [-0.4, -0.2) is 19.4 Å². The van der Waals surface area contributed by atoms with Gasteiger partial charge in [-0.3, -0.25) is 4.79 Å². The van der Waals surface area contributed by atoms with Crippen molar-refractivity contribution in [3.05, 3.63) is 0 Å². The lowest BCUT2D eigenvalue weighted by molar-refractivity contribution is -0.118. The molecule has 2 heteroatoms. The van der Waals surface area contributed by atoms with Gasteiger partial charge in [-0.2, -0.15) is 0 Å². The second-order valence-electron chi connectivity index (χ2n) is 3.51. The van der Waals surface area contributed by atoms with Gasteiger partial charge < -0.3 is 5.32 Å². The SMILES string of the molecule is CCC.CCC(=O)CCCCCNC. The molecule has 1 N–H and O–H groups in total. The molecule has 86 valence electrons. The molecule has 0 fully saturated rings. The summed E-state index contributed by atoms with van der Waals surface area (Å²) in [5, 5.41) is 3.08. The first-order chi connectivity index (χ1) is 6.72. The molecule has 0 rings (SSSR count). The highest BCUT2D eigenvalue weighted by molar-refractivity contribution is 5.77. The Bertz CT molecular complexity index is 113. The number of unbranched alkanes of at least 4 members (excludes halogenated alkanes) is 2. The molecule has 2 nitrogen and oxygen atoms in total. The zero-order valence-electron chi connectivity index (χ0n) is 10.4. The van der Waals surface area contributed by atoms with Crippen molar-refractivity contribution in [3.8, 4) is 0 Å². The summed E-state index contributed by atoms with van der Waals surface area (Å²) in [7, 11) is 1.96. The number of hydrogen-bond donors (Lipinski definition) is 1. The van der Waals surface area contributed by atoms with Gasteiger partial charge in [0.2, 0.25) is 0 Å². The molecule has 0 amide bonds. The molecular formula is C12H27NO. The van der Waals surface area contributed by atoms with Crippen LogP contribution in [0.1, 0.15) is 59.3 Å². The molecule has 0 aromatic carbocycles. The lowest BCUT2D eigenvalue weighted by Gasteiger charge is -1.98. The van der Waals surface area contributed by atoms with Crippen LogP contribution >= 0.6 is 0 Å². The molecule has 0 radical (unpaired) electrons. The van der Waals surface area contributed by atoms with Crippen molar-refractivity contribution in [2.24, 2.45) is 0 Å². The minimum Gasteiger partial charge on any atom is -0.320 e. The Kier molecular flexibility index (Phi) is 17.4. The lowest BCUT2D eigenvalue weighted by atomic mass is 10.1. The van der Waals surface area contributed by atoms with E-state index >= 15 is 0 Å². The fraction of sp³-hybridized carbons (Fsp3) is 0.917. The predicted octanol–water partition coefficient (Wildman–Crippen LogP) is 3.16. The molecule has 0 atom stereocenters. The molecule has 0 aliphatic carbocycles. The number of rotatable bonds is 7. The Morgan fingerprint density at radius 3 is 2.07 bits per heavy atom. The highest BCUT2D eigenvalue weighted by atomic mass is 16.1. The van der Waals surface area contributed by atoms with Crippen LogP contribution in [0.5, 0.6) is 0 Å². The van der Waals surface area contributed by atoms with Gasteiger partial charge in [-0.05, 0) is 26.4 Å². The highest BCUT2D eigenvalue weighted by Crippen LogP contribution is 2.00. The maximum absolute atomic E-state index is 10.8. The molecular weight excluding hydrogens is 174 g/mol. The van der Waals surface area contributed by atoms with E-state index in [1.165, 1.54) is 19.3 Å². The Morgan fingerprint density at radius 1 is 1.07 bits per heavy atom. The Morgan fingerprint density at radius 2 is 1.64 bits per heavy atom. The first kappa shape index (κ1) is 16.1. The maximum atomic E-state index is 10.8. The number of nitrogens with one attached hydrogen (secondary N) is 1. The van der Waals surface area contributed by atoms with Gasteiger partial charge in [-0.15, -0.1) is 0 Å². The van der Waals surface area contributed by atoms with E-state index in [-0.39, 0.29) is 0 Å². The quantitative estimate of drug-likeness (QED) is 0.641. The molecule has 0 heterocycles. The fourth-order valence-corrected chi connectivity index (χ4v) is 0.977. The van der Waals surface area contributed by atoms with Gasteiger partial charge in [-0.1, -0.05) is 33.6 Å². The predicted molar refractivity (Wildman–Crippen MR) is 63.7 cm³/mol. The van der Waals surface area contributed by atoms with Crippen molar-refractivity contribution in [1.29, 1.82) is 0 Å². The van der Waals surface area contributed by atoms with Crippen LogP contribution in [0.4, 0.5) is 0 Å². The van der Waals surface area contributed by atoms with Crippen molar-refractivity contribution in [2.45, 2.75) is 59.3 Å². The van der Waals surface area contributed by atoms with Gasteiger partial charge in [0, 0.05) is 12.8 Å². The maximum Gasteiger partial charge on any atom is 0.132 e. The monoisotopic (exact) mass is 201 g/mol. The van der Waals surface area contributed by atoms with E-state index in [0.29, 0.717) is 12.2 Å². The smallest absolute Gasteiger partial charge is 0.132 e. The summed E-state index contributed by atoms with van der Waals surface area (Å²) >= 11 is 0. The van der Waals surface area contributed by atoms with Crippen molar-refractivity contribution in [2.75, 3.05) is 13.6 Å². The van der Waals surface area contributed by atoms with Crippen molar-refractivity contribution in [3.63, 3.8) is 0 Å². The Balaban J connectivity index is 0. The molecule has 0 aromatic heterocycles. The Labute approximate surface area is 89.5 Å². The van der Waals surface area contributed by atoms with Crippen molar-refractivity contribution in [1.82, 2.24) is 5.32 Å². The van der Waals surface area contributed by atoms with Crippen molar-refractivity contribution >= 4 is 5.78 Å². The van der Waals surface area contributed by atoms with Crippen molar-refractivity contribution < 1.29 is 4.79 Å². The normalized spacial score (nSPS) is 9.14. The van der Waals surface area contributed by atoms with Gasteiger partial charge in [0.25, 0.3) is 0 Å². The Hall–Kier alpha value is -0.370. The first-order valence-electron chi connectivity index (χ1n) is 5.89. The zero-order valence-corrected chi connectivity index (χ0v) is 10.4. The zero-order chi connectivity index (χ0) is 11.2. The lowest BCUT2D eigenvalue weighted by Crippen LogP contribution is -2.07. The second kappa shape index (κ2) is 15.1. The molecule has 0 bridgehead atoms. The van der Waals surface area contributed by atoms with Gasteiger partial charge in [0.1, 0.15) is 5.78 Å². The number of carbonyl (C=O) groups is 1. The number of ketones is 1. The molecule has 0 aromatic rings. The molecule has 0 aliphatic heterocycles. The van der Waals surface area contributed by atoms with Crippen LogP contribution in [0, 0.1) is 0 Å². The third-order valence-corrected chi connectivity index (χ3v) is 1.78. The van der Waals surface area contributed by atoms with Crippen LogP contribution in [0.2, 0.25) is 0 Å². The fourth-order valence-electron chi connectivity index (χ4n) is 0.977. The highest BCUT2D eigenvalue weighted by Gasteiger charge is 1.96. The summed E-state index contributed by atoms with van der Waals surface area (Å²) in [5.74, 6) is 0.398. The minimum absolute atomic E-state index is 0.398. The van der Waals surface area contributed by atoms with E-state index in [2.05, 4.69) is 19.2 Å². The molecule has 0 saturated heterocycles. The second-order valence-corrected chi connectivity index (χ2v) is 3.51. The van der Waals surface area contributed by atoms with Gasteiger partial charge in [0.05, 0.1) is 0 Å². The van der Waals surface area contributed by atoms with Crippen LogP contribution in [-0.2, 0) is 4.79 Å². The average molecular weight is 201 g/mol. The van der Waals surface area contributed by atoms with Crippen LogP contribution < -0.4 is 5.32 Å². The average Bonchev–Trinajstić information content (AvgIpc) is 2.18. The molecule has 14 heavy (non-hydrogen) atoms. The topological polar surface area (TPSA) is 29.1 Å². The number of hydrogen-bond acceptors (Lipinski definition) is 2. The largest absolute Gasteiger partial charge is 0.320 e. The van der Waals surface area contributed by atoms with E-state index in [4.69, 9.17) is 0 Å². The minimum atomic E-state index is 0.398. The van der Waals surface area contributed by atoms with E-state index < -0.39 is 0 Å². The van der Waals surface area contributed by atoms with E-state index in [1.54, 1.807) is 0 Å². The van der Waals surface area contributed by atoms with Gasteiger partial charge in [-0.25, -0.2) is 0 Å². The van der Waals surface area contributed by atoms with E-state index in [9.17, 15) is 4.79 Å². The molecule has 0 spiro atoms. The summed E-state index contributed by atoms with van der Waals surface area (Å²) in [5.41, 5.74) is 0. The third kappa shape index (κ3) is 17.6. The van der Waals surface area contributed by atoms with Crippen LogP contribution in [0.3, 0.4) is 0 Å². The van der Waals surface area contributed by atoms with Crippen LogP contribution in [0.25, 0.3) is 0 Å². The molecule has 0 saturated carbocycles. The van der Waals surface area contributed by atoms with E-state index in [1.807, 2.05) is 14.0 Å². The first-order valence-corrected chi connectivity index (χ1v) is 5.89. The summed E-state index contributed by atoms with van der Waals surface area (Å²) in [6, 6.07) is 0. The van der Waals surface area contributed by atoms with Crippen LogP contribution in [0.15, 0.2) is 0 Å². The van der Waals surface area contributed by atoms with Gasteiger partial charge in [0.15, 0.2) is 0 Å². The summed E-state index contributed by atoms with van der Waals surface area (Å²) in [6.45, 7) is 7.25. The summed E-state index contributed by atoms with van der Waals surface area (Å²) < 4.78 is 0.